The zero-order valence-electron chi connectivity index (χ0n) is 18.9. The summed E-state index contributed by atoms with van der Waals surface area (Å²) in [4.78, 5) is 50.9. The molecule has 0 bridgehead atoms. The standard InChI is InChI=1S/C25H23N3O5S/c1-15-8-10-18(11-9-15)26-22(29)14-27-13-17(19-6-4-5-7-20(19)27)12-21-23(30)28(25(32)34-21)16(2)24(31)33-3/h4-13,16H,14H2,1-3H3,(H,26,29)/b21-12+/t16-/m1/s1. The van der Waals surface area contributed by atoms with Gasteiger partial charge in [-0.2, -0.15) is 0 Å². The number of nitrogens with zero attached hydrogens (tertiary/aromatic N) is 2. The Morgan fingerprint density at radius 2 is 1.82 bits per heavy atom. The molecule has 1 fully saturated rings. The number of imide groups is 1. The van der Waals surface area contributed by atoms with Gasteiger partial charge in [0, 0.05) is 28.4 Å². The molecule has 3 amide bonds. The number of methoxy groups -OCH3 is 1. The third-order valence-electron chi connectivity index (χ3n) is 5.51. The Balaban J connectivity index is 1.61. The number of amides is 3. The molecule has 2 heterocycles. The average Bonchev–Trinajstić information content (AvgIpc) is 3.30. The van der Waals surface area contributed by atoms with Crippen molar-refractivity contribution in [3.8, 4) is 0 Å². The number of aryl methyl sites for hydroxylation is 1. The topological polar surface area (TPSA) is 97.7 Å². The molecule has 0 saturated carbocycles. The van der Waals surface area contributed by atoms with Crippen LogP contribution in [0.1, 0.15) is 18.1 Å². The van der Waals surface area contributed by atoms with Crippen LogP contribution in [0, 0.1) is 6.92 Å². The maximum absolute atomic E-state index is 12.9. The van der Waals surface area contributed by atoms with Crippen LogP contribution >= 0.6 is 11.8 Å². The minimum Gasteiger partial charge on any atom is -0.467 e. The zero-order chi connectivity index (χ0) is 24.4. The summed E-state index contributed by atoms with van der Waals surface area (Å²) in [5, 5.41) is 3.18. The number of aromatic nitrogens is 1. The number of esters is 1. The summed E-state index contributed by atoms with van der Waals surface area (Å²) >= 11 is 0.770. The van der Waals surface area contributed by atoms with Gasteiger partial charge in [0.05, 0.1) is 12.0 Å². The highest BCUT2D eigenvalue weighted by atomic mass is 32.2. The molecule has 0 aliphatic carbocycles. The van der Waals surface area contributed by atoms with E-state index in [0.29, 0.717) is 11.3 Å². The van der Waals surface area contributed by atoms with Crippen LogP contribution in [0.15, 0.2) is 59.6 Å². The van der Waals surface area contributed by atoms with E-state index in [2.05, 4.69) is 10.1 Å². The molecule has 1 N–H and O–H groups in total. The van der Waals surface area contributed by atoms with Crippen LogP contribution in [0.25, 0.3) is 17.0 Å². The van der Waals surface area contributed by atoms with Crippen LogP contribution in [-0.2, 0) is 25.7 Å². The van der Waals surface area contributed by atoms with Gasteiger partial charge in [0.2, 0.25) is 5.91 Å². The number of ether oxygens (including phenoxy) is 1. The van der Waals surface area contributed by atoms with Crippen LogP contribution in [0.3, 0.4) is 0 Å². The summed E-state index contributed by atoms with van der Waals surface area (Å²) in [7, 11) is 1.21. The minimum atomic E-state index is -1.02. The molecule has 1 atom stereocenters. The second-order valence-electron chi connectivity index (χ2n) is 7.89. The van der Waals surface area contributed by atoms with Crippen LogP contribution in [0.4, 0.5) is 10.5 Å². The molecule has 3 aromatic rings. The number of nitrogens with one attached hydrogen (secondary N) is 1. The lowest BCUT2D eigenvalue weighted by Gasteiger charge is -2.18. The lowest BCUT2D eigenvalue weighted by Crippen LogP contribution is -2.42. The molecule has 9 heteroatoms. The van der Waals surface area contributed by atoms with E-state index >= 15 is 0 Å². The van der Waals surface area contributed by atoms with E-state index < -0.39 is 23.2 Å². The Morgan fingerprint density at radius 1 is 1.12 bits per heavy atom. The summed E-state index contributed by atoms with van der Waals surface area (Å²) in [6.45, 7) is 3.50. The number of carbonyl (C=O) groups excluding carboxylic acids is 4. The van der Waals surface area contributed by atoms with Crippen molar-refractivity contribution in [3.05, 3.63) is 70.8 Å². The van der Waals surface area contributed by atoms with Gasteiger partial charge in [0.1, 0.15) is 12.6 Å². The molecule has 8 nitrogen and oxygen atoms in total. The number of thioether (sulfide) groups is 1. The fraction of sp³-hybridized carbons (Fsp3) is 0.200. The van der Waals surface area contributed by atoms with Gasteiger partial charge in [0.25, 0.3) is 11.1 Å². The monoisotopic (exact) mass is 477 g/mol. The van der Waals surface area contributed by atoms with Gasteiger partial charge in [-0.1, -0.05) is 35.9 Å². The van der Waals surface area contributed by atoms with Crippen LogP contribution in [0.2, 0.25) is 0 Å². The molecular weight excluding hydrogens is 454 g/mol. The number of fused-ring (bicyclic) bond motifs is 1. The van der Waals surface area contributed by atoms with E-state index in [9.17, 15) is 19.2 Å². The summed E-state index contributed by atoms with van der Waals surface area (Å²) in [6.07, 6.45) is 3.39. The van der Waals surface area contributed by atoms with E-state index in [1.54, 1.807) is 16.8 Å². The molecule has 1 aliphatic heterocycles. The average molecular weight is 478 g/mol. The number of hydrogen-bond donors (Lipinski definition) is 1. The number of benzene rings is 2. The van der Waals surface area contributed by atoms with Crippen molar-refractivity contribution in [1.29, 1.82) is 0 Å². The highest BCUT2D eigenvalue weighted by Crippen LogP contribution is 2.35. The molecule has 1 aromatic heterocycles. The van der Waals surface area contributed by atoms with Crippen molar-refractivity contribution in [2.24, 2.45) is 0 Å². The summed E-state index contributed by atoms with van der Waals surface area (Å²) < 4.78 is 6.46. The third kappa shape index (κ3) is 4.60. The molecule has 1 aliphatic rings. The molecule has 0 spiro atoms. The first kappa shape index (κ1) is 23.3. The number of anilines is 1. The maximum atomic E-state index is 12.9. The number of rotatable bonds is 6. The molecule has 2 aromatic carbocycles. The van der Waals surface area contributed by atoms with E-state index in [-0.39, 0.29) is 17.4 Å². The highest BCUT2D eigenvalue weighted by molar-refractivity contribution is 8.18. The molecule has 0 unspecified atom stereocenters. The lowest BCUT2D eigenvalue weighted by atomic mass is 10.1. The molecule has 0 radical (unpaired) electrons. The van der Waals surface area contributed by atoms with Crippen LogP contribution in [-0.4, -0.2) is 45.6 Å². The Hall–Kier alpha value is -3.85. The molecule has 34 heavy (non-hydrogen) atoms. The molecule has 4 rings (SSSR count). The Kier molecular flexibility index (Phi) is 6.56. The second-order valence-corrected chi connectivity index (χ2v) is 8.89. The number of carbonyl (C=O) groups is 4. The Bertz CT molecular complexity index is 1330. The minimum absolute atomic E-state index is 0.0725. The van der Waals surface area contributed by atoms with E-state index in [4.69, 9.17) is 0 Å². The first-order valence-corrected chi connectivity index (χ1v) is 11.4. The van der Waals surface area contributed by atoms with Gasteiger partial charge in [0.15, 0.2) is 0 Å². The predicted octanol–water partition coefficient (Wildman–Crippen LogP) is 4.19. The van der Waals surface area contributed by atoms with Gasteiger partial charge in [-0.05, 0) is 49.9 Å². The van der Waals surface area contributed by atoms with Crippen molar-refractivity contribution >= 4 is 57.5 Å². The largest absolute Gasteiger partial charge is 0.467 e. The van der Waals surface area contributed by atoms with E-state index in [1.165, 1.54) is 14.0 Å². The quantitative estimate of drug-likeness (QED) is 0.422. The maximum Gasteiger partial charge on any atom is 0.328 e. The Labute approximate surface area is 200 Å². The summed E-state index contributed by atoms with van der Waals surface area (Å²) in [5.74, 6) is -1.41. The highest BCUT2D eigenvalue weighted by Gasteiger charge is 2.41. The fourth-order valence-corrected chi connectivity index (χ4v) is 4.64. The fourth-order valence-electron chi connectivity index (χ4n) is 3.74. The summed E-state index contributed by atoms with van der Waals surface area (Å²) in [5.41, 5.74) is 3.31. The van der Waals surface area contributed by atoms with E-state index in [0.717, 1.165) is 33.1 Å². The first-order chi connectivity index (χ1) is 16.3. The molecular formula is C25H23N3O5S. The molecule has 1 saturated heterocycles. The lowest BCUT2D eigenvalue weighted by molar-refractivity contribution is -0.148. The van der Waals surface area contributed by atoms with Crippen LogP contribution < -0.4 is 5.32 Å². The first-order valence-electron chi connectivity index (χ1n) is 10.6. The second kappa shape index (κ2) is 9.56. The van der Waals surface area contributed by atoms with Crippen molar-refractivity contribution in [2.75, 3.05) is 12.4 Å². The molecule has 174 valence electrons. The van der Waals surface area contributed by atoms with E-state index in [1.807, 2.05) is 55.5 Å². The van der Waals surface area contributed by atoms with Gasteiger partial charge in [-0.15, -0.1) is 0 Å². The van der Waals surface area contributed by atoms with Gasteiger partial charge in [-0.3, -0.25) is 19.3 Å². The Morgan fingerprint density at radius 3 is 2.53 bits per heavy atom. The number of para-hydroxylation sites is 1. The van der Waals surface area contributed by atoms with Gasteiger partial charge >= 0.3 is 5.97 Å². The van der Waals surface area contributed by atoms with Crippen molar-refractivity contribution in [1.82, 2.24) is 9.47 Å². The smallest absolute Gasteiger partial charge is 0.328 e. The zero-order valence-corrected chi connectivity index (χ0v) is 19.7. The van der Waals surface area contributed by atoms with Gasteiger partial charge < -0.3 is 14.6 Å². The van der Waals surface area contributed by atoms with Gasteiger partial charge in [-0.25, -0.2) is 4.79 Å². The summed E-state index contributed by atoms with van der Waals surface area (Å²) in [6, 6.07) is 14.0. The normalized spacial score (nSPS) is 15.7. The predicted molar refractivity (Wildman–Crippen MR) is 131 cm³/mol. The van der Waals surface area contributed by atoms with Crippen molar-refractivity contribution in [2.45, 2.75) is 26.4 Å². The number of hydrogen-bond acceptors (Lipinski definition) is 6. The van der Waals surface area contributed by atoms with Crippen molar-refractivity contribution < 1.29 is 23.9 Å². The van der Waals surface area contributed by atoms with Crippen molar-refractivity contribution in [3.63, 3.8) is 0 Å². The van der Waals surface area contributed by atoms with Crippen LogP contribution in [0.5, 0.6) is 0 Å². The third-order valence-corrected chi connectivity index (χ3v) is 6.39. The SMILES string of the molecule is COC(=O)[C@@H](C)N1C(=O)S/C(=C/c2cn(CC(=O)Nc3ccc(C)cc3)c3ccccc23)C1=O.